The minimum Gasteiger partial charge on any atom is -0.462 e. The van der Waals surface area contributed by atoms with Gasteiger partial charge in [-0.05, 0) is 6.92 Å². The molecule has 0 aromatic carbocycles. The molecular formula is C7H10N2O3S. The molecule has 0 fully saturated rings. The number of carbonyl (C=O) groups excluding carboxylic acids is 2. The first-order valence-electron chi connectivity index (χ1n) is 3.77. The third-order valence-electron chi connectivity index (χ3n) is 1.39. The van der Waals surface area contributed by atoms with E-state index in [0.717, 1.165) is 0 Å². The summed E-state index contributed by atoms with van der Waals surface area (Å²) in [5, 5.41) is 5.08. The van der Waals surface area contributed by atoms with E-state index in [1.54, 1.807) is 6.92 Å². The van der Waals surface area contributed by atoms with Crippen LogP contribution in [-0.4, -0.2) is 24.0 Å². The van der Waals surface area contributed by atoms with Gasteiger partial charge in [0.2, 0.25) is 0 Å². The van der Waals surface area contributed by atoms with E-state index in [9.17, 15) is 9.59 Å². The number of esters is 1. The highest BCUT2D eigenvalue weighted by atomic mass is 32.1. The molecule has 1 unspecified atom stereocenters. The van der Waals surface area contributed by atoms with Crippen LogP contribution >= 0.6 is 12.6 Å². The number of amides is 1. The van der Waals surface area contributed by atoms with Gasteiger partial charge in [-0.25, -0.2) is 4.79 Å². The molecule has 1 rings (SSSR count). The van der Waals surface area contributed by atoms with Crippen molar-refractivity contribution in [3.63, 3.8) is 0 Å². The van der Waals surface area contributed by atoms with Crippen molar-refractivity contribution < 1.29 is 14.3 Å². The number of ether oxygens (including phenoxy) is 1. The molecule has 0 saturated carbocycles. The summed E-state index contributed by atoms with van der Waals surface area (Å²) in [6.07, 6.45) is 1.30. The van der Waals surface area contributed by atoms with Gasteiger partial charge >= 0.3 is 5.97 Å². The Morgan fingerprint density at radius 1 is 1.77 bits per heavy atom. The Morgan fingerprint density at radius 3 is 3.00 bits per heavy atom. The quantitative estimate of drug-likeness (QED) is 0.317. The van der Waals surface area contributed by atoms with Gasteiger partial charge in [0.25, 0.3) is 5.91 Å². The van der Waals surface area contributed by atoms with Gasteiger partial charge in [-0.3, -0.25) is 4.79 Å². The average molecular weight is 202 g/mol. The topological polar surface area (TPSA) is 67.4 Å². The average Bonchev–Trinajstić information content (AvgIpc) is 2.04. The standard InChI is InChI=1S/C7H10N2O3S/c1-2-12-6(11)4-3-8-7(13)9-5(4)10/h3,7-8,13H,2H2,1H3,(H,9,10). The SMILES string of the molecule is CCOC(=O)C1=CNC(S)NC1=O. The molecular weight excluding hydrogens is 192 g/mol. The Morgan fingerprint density at radius 2 is 2.46 bits per heavy atom. The van der Waals surface area contributed by atoms with Gasteiger partial charge in [0.1, 0.15) is 11.1 Å². The van der Waals surface area contributed by atoms with Crippen LogP contribution in [0.1, 0.15) is 6.92 Å². The molecule has 1 aliphatic rings. The lowest BCUT2D eigenvalue weighted by Gasteiger charge is -2.19. The van der Waals surface area contributed by atoms with E-state index in [4.69, 9.17) is 0 Å². The van der Waals surface area contributed by atoms with Gasteiger partial charge in [0.05, 0.1) is 6.61 Å². The highest BCUT2D eigenvalue weighted by Crippen LogP contribution is 2.03. The second-order valence-corrected chi connectivity index (χ2v) is 2.84. The summed E-state index contributed by atoms with van der Waals surface area (Å²) in [6.45, 7) is 1.92. The van der Waals surface area contributed by atoms with Gasteiger partial charge < -0.3 is 15.4 Å². The molecule has 0 saturated heterocycles. The number of nitrogens with one attached hydrogen (secondary N) is 2. The Kier molecular flexibility index (Phi) is 3.18. The van der Waals surface area contributed by atoms with Crippen LogP contribution in [0.5, 0.6) is 0 Å². The largest absolute Gasteiger partial charge is 0.462 e. The molecule has 1 atom stereocenters. The Labute approximate surface area is 80.9 Å². The van der Waals surface area contributed by atoms with Gasteiger partial charge in [-0.15, -0.1) is 12.6 Å². The summed E-state index contributed by atoms with van der Waals surface area (Å²) in [6, 6.07) is 0. The molecule has 0 spiro atoms. The summed E-state index contributed by atoms with van der Waals surface area (Å²) >= 11 is 3.94. The summed E-state index contributed by atoms with van der Waals surface area (Å²) < 4.78 is 4.65. The predicted molar refractivity (Wildman–Crippen MR) is 48.8 cm³/mol. The number of rotatable bonds is 2. The Bertz CT molecular complexity index is 264. The molecule has 5 nitrogen and oxygen atoms in total. The van der Waals surface area contributed by atoms with Crippen molar-refractivity contribution in [1.29, 1.82) is 0 Å². The van der Waals surface area contributed by atoms with Crippen molar-refractivity contribution in [2.45, 2.75) is 12.4 Å². The maximum Gasteiger partial charge on any atom is 0.345 e. The first-order chi connectivity index (χ1) is 6.15. The van der Waals surface area contributed by atoms with E-state index in [1.807, 2.05) is 0 Å². The van der Waals surface area contributed by atoms with E-state index >= 15 is 0 Å². The highest BCUT2D eigenvalue weighted by Gasteiger charge is 2.24. The zero-order valence-corrected chi connectivity index (χ0v) is 7.93. The molecule has 0 radical (unpaired) electrons. The molecule has 0 aromatic heterocycles. The van der Waals surface area contributed by atoms with E-state index < -0.39 is 17.4 Å². The second kappa shape index (κ2) is 4.18. The maximum atomic E-state index is 11.2. The molecule has 2 N–H and O–H groups in total. The predicted octanol–water partition coefficient (Wildman–Crippen LogP) is -0.634. The van der Waals surface area contributed by atoms with Crippen LogP contribution in [0.15, 0.2) is 11.8 Å². The van der Waals surface area contributed by atoms with Gasteiger partial charge in [0, 0.05) is 6.20 Å². The monoisotopic (exact) mass is 202 g/mol. The van der Waals surface area contributed by atoms with Crippen LogP contribution in [0.2, 0.25) is 0 Å². The summed E-state index contributed by atoms with van der Waals surface area (Å²) in [5.41, 5.74) is -0.488. The zero-order valence-electron chi connectivity index (χ0n) is 7.03. The summed E-state index contributed by atoms with van der Waals surface area (Å²) in [5.74, 6) is -1.11. The lowest BCUT2D eigenvalue weighted by atomic mass is 10.2. The number of thiol groups is 1. The molecule has 0 aromatic rings. The van der Waals surface area contributed by atoms with Gasteiger partial charge in [0.15, 0.2) is 0 Å². The molecule has 6 heteroatoms. The minimum absolute atomic E-state index is 0.0350. The maximum absolute atomic E-state index is 11.2. The molecule has 1 heterocycles. The van der Waals surface area contributed by atoms with Crippen LogP contribution in [0.25, 0.3) is 0 Å². The third kappa shape index (κ3) is 2.38. The fourth-order valence-corrected chi connectivity index (χ4v) is 1.02. The number of carbonyl (C=O) groups is 2. The van der Waals surface area contributed by atoms with Gasteiger partial charge in [-0.1, -0.05) is 0 Å². The minimum atomic E-state index is -0.632. The van der Waals surface area contributed by atoms with E-state index in [2.05, 4.69) is 28.0 Å². The zero-order chi connectivity index (χ0) is 9.84. The van der Waals surface area contributed by atoms with Crippen LogP contribution < -0.4 is 10.6 Å². The Balaban J connectivity index is 2.69. The Hall–Kier alpha value is -1.17. The molecule has 72 valence electrons. The fraction of sp³-hybridized carbons (Fsp3) is 0.429. The molecule has 13 heavy (non-hydrogen) atoms. The molecule has 1 aliphatic heterocycles. The van der Waals surface area contributed by atoms with Crippen molar-refractivity contribution in [3.8, 4) is 0 Å². The molecule has 0 aliphatic carbocycles. The van der Waals surface area contributed by atoms with Crippen LogP contribution in [-0.2, 0) is 14.3 Å². The van der Waals surface area contributed by atoms with E-state index in [0.29, 0.717) is 0 Å². The lowest BCUT2D eigenvalue weighted by molar-refractivity contribution is -0.140. The van der Waals surface area contributed by atoms with Crippen molar-refractivity contribution in [2.75, 3.05) is 6.61 Å². The van der Waals surface area contributed by atoms with Gasteiger partial charge in [-0.2, -0.15) is 0 Å². The lowest BCUT2D eigenvalue weighted by Crippen LogP contribution is -2.46. The molecule has 1 amide bonds. The fourth-order valence-electron chi connectivity index (χ4n) is 0.832. The number of hydrogen-bond acceptors (Lipinski definition) is 5. The third-order valence-corrected chi connectivity index (χ3v) is 1.67. The van der Waals surface area contributed by atoms with E-state index in [-0.39, 0.29) is 12.2 Å². The van der Waals surface area contributed by atoms with E-state index in [1.165, 1.54) is 6.20 Å². The van der Waals surface area contributed by atoms with Crippen molar-refractivity contribution in [1.82, 2.24) is 10.6 Å². The number of hydrogen-bond donors (Lipinski definition) is 3. The van der Waals surface area contributed by atoms with Crippen LogP contribution in [0.3, 0.4) is 0 Å². The summed E-state index contributed by atoms with van der Waals surface area (Å²) in [4.78, 5) is 22.3. The van der Waals surface area contributed by atoms with Crippen molar-refractivity contribution in [3.05, 3.63) is 11.8 Å². The first-order valence-corrected chi connectivity index (χ1v) is 4.29. The van der Waals surface area contributed by atoms with Crippen molar-refractivity contribution >= 4 is 24.5 Å². The second-order valence-electron chi connectivity index (χ2n) is 2.32. The van der Waals surface area contributed by atoms with Crippen LogP contribution in [0.4, 0.5) is 0 Å². The van der Waals surface area contributed by atoms with Crippen LogP contribution in [0, 0.1) is 0 Å². The van der Waals surface area contributed by atoms with Crippen molar-refractivity contribution in [2.24, 2.45) is 0 Å². The normalized spacial score (nSPS) is 21.2. The smallest absolute Gasteiger partial charge is 0.345 e. The first kappa shape index (κ1) is 9.91. The molecule has 0 bridgehead atoms. The summed E-state index contributed by atoms with van der Waals surface area (Å²) in [7, 11) is 0. The highest BCUT2D eigenvalue weighted by molar-refractivity contribution is 7.80.